The van der Waals surface area contributed by atoms with Crippen LogP contribution in [-0.4, -0.2) is 41.9 Å². The van der Waals surface area contributed by atoms with Crippen molar-refractivity contribution in [2.75, 3.05) is 13.7 Å². The number of aromatic nitrogens is 1. The lowest BCUT2D eigenvalue weighted by atomic mass is 10.00. The number of methoxy groups -OCH3 is 1. The fraction of sp³-hybridized carbons (Fsp3) is 0.308. The maximum Gasteiger partial charge on any atom is 0.398 e. The van der Waals surface area contributed by atoms with Crippen molar-refractivity contribution in [2.24, 2.45) is 0 Å². The number of aliphatic hydroxyl groups excluding tert-OH is 1. The topological polar surface area (TPSA) is 80.7 Å². The second-order valence-corrected chi connectivity index (χ2v) is 8.97. The Labute approximate surface area is 215 Å². The summed E-state index contributed by atoms with van der Waals surface area (Å²) in [6.07, 6.45) is -2.83. The molecule has 1 unspecified atom stereocenters. The third-order valence-corrected chi connectivity index (χ3v) is 6.06. The zero-order valence-corrected chi connectivity index (χ0v) is 20.4. The summed E-state index contributed by atoms with van der Waals surface area (Å²) in [5, 5.41) is 11.7. The first-order chi connectivity index (χ1) is 17.6. The van der Waals surface area contributed by atoms with E-state index >= 15 is 0 Å². The van der Waals surface area contributed by atoms with Gasteiger partial charge in [0, 0.05) is 17.7 Å². The Kier molecular flexibility index (Phi) is 7.89. The Bertz CT molecular complexity index is 1300. The maximum atomic E-state index is 14.1. The van der Waals surface area contributed by atoms with Crippen molar-refractivity contribution in [3.8, 4) is 22.8 Å². The van der Waals surface area contributed by atoms with Crippen LogP contribution in [0.15, 0.2) is 48.5 Å². The van der Waals surface area contributed by atoms with Crippen molar-refractivity contribution in [1.29, 1.82) is 0 Å². The van der Waals surface area contributed by atoms with Gasteiger partial charge in [-0.3, -0.25) is 9.78 Å². The summed E-state index contributed by atoms with van der Waals surface area (Å²) in [5.74, 6) is -2.87. The molecule has 37 heavy (non-hydrogen) atoms. The molecule has 1 aromatic heterocycles. The second kappa shape index (κ2) is 10.9. The van der Waals surface area contributed by atoms with E-state index < -0.39 is 42.7 Å². The lowest BCUT2D eigenvalue weighted by Crippen LogP contribution is -2.35. The number of nitrogens with one attached hydrogen (secondary N) is 1. The van der Waals surface area contributed by atoms with E-state index in [0.717, 1.165) is 25.0 Å². The summed E-state index contributed by atoms with van der Waals surface area (Å²) in [7, 11) is 1.40. The van der Waals surface area contributed by atoms with Crippen molar-refractivity contribution >= 4 is 17.5 Å². The molecule has 1 atom stereocenters. The number of hydrogen-bond acceptors (Lipinski definition) is 5. The fourth-order valence-corrected chi connectivity index (χ4v) is 3.82. The highest BCUT2D eigenvalue weighted by molar-refractivity contribution is 6.31. The first-order valence-corrected chi connectivity index (χ1v) is 11.7. The minimum atomic E-state index is -4.77. The molecule has 0 aliphatic heterocycles. The molecule has 0 bridgehead atoms. The molecule has 1 fully saturated rings. The van der Waals surface area contributed by atoms with Crippen LogP contribution in [0.1, 0.15) is 40.4 Å². The number of nitrogens with zero attached hydrogens (tertiary/aromatic N) is 1. The standard InChI is InChI=1S/C26H23ClF4N2O4/c1-36-24-11-16(3-7-23(24)37-17-4-5-17)25(35)32-12-18(26(29,30)31)22-9-14(13-34)8-21(33-22)15-2-6-20(28)19(27)10-15/h2-3,6-11,17-18,34H,4-5,12-13H2,1H3,(H,32,35). The summed E-state index contributed by atoms with van der Waals surface area (Å²) < 4.78 is 66.8. The van der Waals surface area contributed by atoms with Crippen LogP contribution in [0.4, 0.5) is 17.6 Å². The van der Waals surface area contributed by atoms with Gasteiger partial charge in [0.05, 0.1) is 36.2 Å². The molecular weight excluding hydrogens is 516 g/mol. The predicted octanol–water partition coefficient (Wildman–Crippen LogP) is 5.66. The largest absolute Gasteiger partial charge is 0.493 e. The van der Waals surface area contributed by atoms with Gasteiger partial charge in [0.15, 0.2) is 11.5 Å². The molecule has 2 N–H and O–H groups in total. The SMILES string of the molecule is COc1cc(C(=O)NCC(c2cc(CO)cc(-c3ccc(F)c(Cl)c3)n2)C(F)(F)F)ccc1OC1CC1. The van der Waals surface area contributed by atoms with Crippen molar-refractivity contribution in [2.45, 2.75) is 37.6 Å². The third-order valence-electron chi connectivity index (χ3n) is 5.77. The molecular formula is C26H23ClF4N2O4. The highest BCUT2D eigenvalue weighted by Crippen LogP contribution is 2.36. The minimum absolute atomic E-state index is 0.0695. The van der Waals surface area contributed by atoms with E-state index in [9.17, 15) is 27.5 Å². The molecule has 196 valence electrons. The average Bonchev–Trinajstić information content (AvgIpc) is 3.69. The molecule has 3 aromatic rings. The highest BCUT2D eigenvalue weighted by Gasteiger charge is 2.42. The van der Waals surface area contributed by atoms with Gasteiger partial charge in [-0.15, -0.1) is 0 Å². The van der Waals surface area contributed by atoms with Crippen LogP contribution in [0, 0.1) is 5.82 Å². The minimum Gasteiger partial charge on any atom is -0.493 e. The van der Waals surface area contributed by atoms with E-state index in [-0.39, 0.29) is 33.5 Å². The second-order valence-electron chi connectivity index (χ2n) is 8.56. The molecule has 11 heteroatoms. The molecule has 0 saturated heterocycles. The number of amides is 1. The van der Waals surface area contributed by atoms with Crippen molar-refractivity contribution < 1.29 is 36.9 Å². The number of rotatable bonds is 9. The van der Waals surface area contributed by atoms with Crippen LogP contribution >= 0.6 is 11.6 Å². The highest BCUT2D eigenvalue weighted by atomic mass is 35.5. The molecule has 0 spiro atoms. The number of ether oxygens (including phenoxy) is 2. The summed E-state index contributed by atoms with van der Waals surface area (Å²) in [6, 6.07) is 10.5. The van der Waals surface area contributed by atoms with E-state index in [1.54, 1.807) is 6.07 Å². The van der Waals surface area contributed by atoms with Gasteiger partial charge in [-0.25, -0.2) is 4.39 Å². The lowest BCUT2D eigenvalue weighted by molar-refractivity contribution is -0.149. The van der Waals surface area contributed by atoms with Gasteiger partial charge in [-0.1, -0.05) is 11.6 Å². The molecule has 1 saturated carbocycles. The predicted molar refractivity (Wildman–Crippen MR) is 128 cm³/mol. The molecule has 1 amide bonds. The average molecular weight is 539 g/mol. The summed E-state index contributed by atoms with van der Waals surface area (Å²) in [5.41, 5.74) is 0.186. The monoisotopic (exact) mass is 538 g/mol. The zero-order valence-electron chi connectivity index (χ0n) is 19.6. The number of benzene rings is 2. The Balaban J connectivity index is 1.58. The van der Waals surface area contributed by atoms with Crippen LogP contribution in [-0.2, 0) is 6.61 Å². The number of carbonyl (C=O) groups excluding carboxylic acids is 1. The van der Waals surface area contributed by atoms with Crippen LogP contribution in [0.2, 0.25) is 5.02 Å². The first kappa shape index (κ1) is 26.7. The number of aliphatic hydroxyl groups is 1. The van der Waals surface area contributed by atoms with Crippen LogP contribution in [0.3, 0.4) is 0 Å². The molecule has 6 nitrogen and oxygen atoms in total. The Hall–Kier alpha value is -3.37. The van der Waals surface area contributed by atoms with Crippen molar-refractivity contribution in [3.63, 3.8) is 0 Å². The molecule has 1 heterocycles. The van der Waals surface area contributed by atoms with E-state index in [1.165, 1.54) is 37.4 Å². The summed E-state index contributed by atoms with van der Waals surface area (Å²) >= 11 is 5.82. The van der Waals surface area contributed by atoms with Gasteiger partial charge >= 0.3 is 6.18 Å². The molecule has 2 aromatic carbocycles. The van der Waals surface area contributed by atoms with Crippen LogP contribution < -0.4 is 14.8 Å². The summed E-state index contributed by atoms with van der Waals surface area (Å²) in [6.45, 7) is -1.36. The van der Waals surface area contributed by atoms with E-state index in [2.05, 4.69) is 10.3 Å². The van der Waals surface area contributed by atoms with E-state index in [1.807, 2.05) is 0 Å². The van der Waals surface area contributed by atoms with Gasteiger partial charge in [-0.2, -0.15) is 13.2 Å². The molecule has 1 aliphatic rings. The third kappa shape index (κ3) is 6.50. The van der Waals surface area contributed by atoms with E-state index in [0.29, 0.717) is 11.5 Å². The van der Waals surface area contributed by atoms with Crippen molar-refractivity contribution in [1.82, 2.24) is 10.3 Å². The van der Waals surface area contributed by atoms with Gasteiger partial charge < -0.3 is 19.9 Å². The maximum absolute atomic E-state index is 14.1. The fourth-order valence-electron chi connectivity index (χ4n) is 3.64. The number of halogens is 5. The van der Waals surface area contributed by atoms with Crippen molar-refractivity contribution in [3.05, 3.63) is 76.2 Å². The Morgan fingerprint density at radius 2 is 1.92 bits per heavy atom. The van der Waals surface area contributed by atoms with Gasteiger partial charge in [0.2, 0.25) is 0 Å². The molecule has 0 radical (unpaired) electrons. The number of carbonyl (C=O) groups is 1. The number of hydrogen-bond donors (Lipinski definition) is 2. The van der Waals surface area contributed by atoms with Gasteiger partial charge in [0.25, 0.3) is 5.91 Å². The van der Waals surface area contributed by atoms with Crippen LogP contribution in [0.25, 0.3) is 11.3 Å². The summed E-state index contributed by atoms with van der Waals surface area (Å²) in [4.78, 5) is 16.8. The smallest absolute Gasteiger partial charge is 0.398 e. The molecule has 4 rings (SSSR count). The lowest BCUT2D eigenvalue weighted by Gasteiger charge is -2.22. The Morgan fingerprint density at radius 3 is 2.54 bits per heavy atom. The quantitative estimate of drug-likeness (QED) is 0.344. The van der Waals surface area contributed by atoms with E-state index in [4.69, 9.17) is 21.1 Å². The molecule has 1 aliphatic carbocycles. The van der Waals surface area contributed by atoms with Crippen LogP contribution in [0.5, 0.6) is 11.5 Å². The zero-order chi connectivity index (χ0) is 26.7. The van der Waals surface area contributed by atoms with Gasteiger partial charge in [-0.05, 0) is 66.9 Å². The number of pyridine rings is 1. The van der Waals surface area contributed by atoms with Gasteiger partial charge in [0.1, 0.15) is 11.7 Å². The first-order valence-electron chi connectivity index (χ1n) is 11.4. The number of alkyl halides is 3. The Morgan fingerprint density at radius 1 is 1.16 bits per heavy atom. The normalized spacial score (nSPS) is 14.2.